The highest BCUT2D eigenvalue weighted by atomic mass is 35.5. The van der Waals surface area contributed by atoms with Crippen LogP contribution in [0.2, 0.25) is 0 Å². The van der Waals surface area contributed by atoms with E-state index >= 15 is 0 Å². The number of carbonyl (C=O) groups excluding carboxylic acids is 1. The molecule has 0 saturated carbocycles. The Hall–Kier alpha value is -1.22. The third-order valence-electron chi connectivity index (χ3n) is 2.37. The van der Waals surface area contributed by atoms with Crippen molar-refractivity contribution in [3.05, 3.63) is 29.3 Å². The highest BCUT2D eigenvalue weighted by Gasteiger charge is 2.19. The topological polar surface area (TPSA) is 29.5 Å². The van der Waals surface area contributed by atoms with Gasteiger partial charge in [-0.05, 0) is 24.1 Å². The lowest BCUT2D eigenvalue weighted by Crippen LogP contribution is -2.25. The van der Waals surface area contributed by atoms with Gasteiger partial charge in [-0.3, -0.25) is 4.79 Å². The van der Waals surface area contributed by atoms with Crippen LogP contribution in [0.4, 0.5) is 0 Å². The molecule has 0 aliphatic carbocycles. The van der Waals surface area contributed by atoms with Crippen LogP contribution in [0.25, 0.3) is 0 Å². The molecular formula is C12H16ClNO2. The molecule has 88 valence electrons. The summed E-state index contributed by atoms with van der Waals surface area (Å²) in [6.45, 7) is 1.92. The number of methoxy groups -OCH3 is 1. The first-order valence-electron chi connectivity index (χ1n) is 4.97. The maximum absolute atomic E-state index is 11.7. The van der Waals surface area contributed by atoms with Crippen molar-refractivity contribution in [1.29, 1.82) is 0 Å². The molecule has 0 saturated heterocycles. The number of carbonyl (C=O) groups is 1. The normalized spacial score (nSPS) is 12.1. The van der Waals surface area contributed by atoms with Crippen molar-refractivity contribution in [2.45, 2.75) is 12.3 Å². The van der Waals surface area contributed by atoms with Gasteiger partial charge in [0.15, 0.2) is 0 Å². The molecule has 16 heavy (non-hydrogen) atoms. The zero-order chi connectivity index (χ0) is 12.3. The van der Waals surface area contributed by atoms with E-state index in [1.165, 1.54) is 4.90 Å². The molecule has 1 aromatic carbocycles. The summed E-state index contributed by atoms with van der Waals surface area (Å²) in [7, 11) is 4.99. The van der Waals surface area contributed by atoms with Gasteiger partial charge in [0.1, 0.15) is 11.1 Å². The molecule has 0 spiro atoms. The molecule has 0 radical (unpaired) electrons. The van der Waals surface area contributed by atoms with Gasteiger partial charge < -0.3 is 9.64 Å². The molecule has 0 aromatic heterocycles. The molecule has 4 heteroatoms. The first-order valence-corrected chi connectivity index (χ1v) is 5.40. The van der Waals surface area contributed by atoms with E-state index in [-0.39, 0.29) is 5.91 Å². The smallest absolute Gasteiger partial charge is 0.244 e. The maximum Gasteiger partial charge on any atom is 0.244 e. The third-order valence-corrected chi connectivity index (χ3v) is 2.81. The van der Waals surface area contributed by atoms with Crippen LogP contribution in [0.15, 0.2) is 18.2 Å². The summed E-state index contributed by atoms with van der Waals surface area (Å²) >= 11 is 6.09. The van der Waals surface area contributed by atoms with Gasteiger partial charge in [-0.15, -0.1) is 11.6 Å². The van der Waals surface area contributed by atoms with E-state index < -0.39 is 5.38 Å². The molecular weight excluding hydrogens is 226 g/mol. The fraction of sp³-hybridized carbons (Fsp3) is 0.417. The van der Waals surface area contributed by atoms with Crippen LogP contribution in [0.5, 0.6) is 5.75 Å². The number of amides is 1. The lowest BCUT2D eigenvalue weighted by Gasteiger charge is -2.16. The summed E-state index contributed by atoms with van der Waals surface area (Å²) in [4.78, 5) is 13.2. The number of halogens is 1. The van der Waals surface area contributed by atoms with Crippen LogP contribution < -0.4 is 4.74 Å². The van der Waals surface area contributed by atoms with Gasteiger partial charge in [0.25, 0.3) is 0 Å². The van der Waals surface area contributed by atoms with Crippen molar-refractivity contribution in [2.75, 3.05) is 21.2 Å². The molecule has 0 N–H and O–H groups in total. The van der Waals surface area contributed by atoms with Gasteiger partial charge in [0.05, 0.1) is 7.11 Å². The molecule has 1 amide bonds. The fourth-order valence-electron chi connectivity index (χ4n) is 1.43. The van der Waals surface area contributed by atoms with Gasteiger partial charge >= 0.3 is 0 Å². The minimum absolute atomic E-state index is 0.119. The summed E-state index contributed by atoms with van der Waals surface area (Å²) in [6, 6.07) is 5.51. The minimum atomic E-state index is -0.639. The molecule has 1 atom stereocenters. The van der Waals surface area contributed by atoms with Crippen molar-refractivity contribution in [1.82, 2.24) is 4.90 Å². The van der Waals surface area contributed by atoms with Gasteiger partial charge in [0.2, 0.25) is 5.91 Å². The number of hydrogen-bond donors (Lipinski definition) is 0. The Morgan fingerprint density at radius 1 is 1.44 bits per heavy atom. The molecule has 3 nitrogen and oxygen atoms in total. The summed E-state index contributed by atoms with van der Waals surface area (Å²) in [5.74, 6) is 0.677. The monoisotopic (exact) mass is 241 g/mol. The Kier molecular flexibility index (Phi) is 4.19. The van der Waals surface area contributed by atoms with Gasteiger partial charge in [0, 0.05) is 14.1 Å². The van der Waals surface area contributed by atoms with Crippen LogP contribution in [0, 0.1) is 6.92 Å². The third kappa shape index (κ3) is 2.67. The fourth-order valence-corrected chi connectivity index (χ4v) is 1.76. The second kappa shape index (κ2) is 5.21. The van der Waals surface area contributed by atoms with E-state index in [1.54, 1.807) is 21.2 Å². The Balaban J connectivity index is 2.97. The Morgan fingerprint density at radius 2 is 2.06 bits per heavy atom. The van der Waals surface area contributed by atoms with Crippen LogP contribution in [-0.2, 0) is 4.79 Å². The average molecular weight is 242 g/mol. The first kappa shape index (κ1) is 12.8. The Labute approximate surface area is 101 Å². The second-order valence-corrected chi connectivity index (χ2v) is 4.26. The van der Waals surface area contributed by atoms with Crippen molar-refractivity contribution in [2.24, 2.45) is 0 Å². The molecule has 0 aliphatic heterocycles. The predicted octanol–water partition coefficient (Wildman–Crippen LogP) is 2.37. The Bertz CT molecular complexity index is 391. The summed E-state index contributed by atoms with van der Waals surface area (Å²) in [6.07, 6.45) is 0. The second-order valence-electron chi connectivity index (χ2n) is 3.82. The van der Waals surface area contributed by atoms with E-state index in [4.69, 9.17) is 16.3 Å². The molecule has 0 fully saturated rings. The van der Waals surface area contributed by atoms with E-state index in [0.29, 0.717) is 0 Å². The van der Waals surface area contributed by atoms with Crippen molar-refractivity contribution < 1.29 is 9.53 Å². The number of nitrogens with zero attached hydrogens (tertiary/aromatic N) is 1. The van der Waals surface area contributed by atoms with E-state index in [2.05, 4.69) is 0 Å². The minimum Gasteiger partial charge on any atom is -0.496 e. The molecule has 0 bridgehead atoms. The molecule has 1 unspecified atom stereocenters. The number of ether oxygens (including phenoxy) is 1. The summed E-state index contributed by atoms with van der Waals surface area (Å²) < 4.78 is 5.15. The maximum atomic E-state index is 11.7. The Morgan fingerprint density at radius 3 is 2.50 bits per heavy atom. The van der Waals surface area contributed by atoms with Crippen LogP contribution >= 0.6 is 11.6 Å². The van der Waals surface area contributed by atoms with Crippen molar-refractivity contribution >= 4 is 17.5 Å². The zero-order valence-electron chi connectivity index (χ0n) is 9.95. The highest BCUT2D eigenvalue weighted by molar-refractivity contribution is 6.30. The summed E-state index contributed by atoms with van der Waals surface area (Å²) in [5.41, 5.74) is 1.76. The number of benzene rings is 1. The first-order chi connectivity index (χ1) is 7.47. The lowest BCUT2D eigenvalue weighted by atomic mass is 10.1. The SMILES string of the molecule is COc1ccc(C(Cl)C(=O)N(C)C)cc1C. The highest BCUT2D eigenvalue weighted by Crippen LogP contribution is 2.27. The number of rotatable bonds is 3. The molecule has 1 rings (SSSR count). The van der Waals surface area contributed by atoms with Gasteiger partial charge in [-0.25, -0.2) is 0 Å². The lowest BCUT2D eigenvalue weighted by molar-refractivity contribution is -0.128. The number of hydrogen-bond acceptors (Lipinski definition) is 2. The number of alkyl halides is 1. The van der Waals surface area contributed by atoms with Crippen LogP contribution in [-0.4, -0.2) is 32.0 Å². The molecule has 1 aromatic rings. The van der Waals surface area contributed by atoms with Crippen LogP contribution in [0.3, 0.4) is 0 Å². The largest absolute Gasteiger partial charge is 0.496 e. The average Bonchev–Trinajstić information content (AvgIpc) is 2.26. The van der Waals surface area contributed by atoms with E-state index in [9.17, 15) is 4.79 Å². The standard InChI is InChI=1S/C12H16ClNO2/c1-8-7-9(5-6-10(8)16-4)11(13)12(15)14(2)3/h5-7,11H,1-4H3. The van der Waals surface area contributed by atoms with Gasteiger partial charge in [-0.1, -0.05) is 12.1 Å². The van der Waals surface area contributed by atoms with E-state index in [1.807, 2.05) is 25.1 Å². The molecule has 0 aliphatic rings. The number of likely N-dealkylation sites (N-methyl/N-ethyl adjacent to an activating group) is 1. The summed E-state index contributed by atoms with van der Waals surface area (Å²) in [5, 5.41) is -0.639. The quantitative estimate of drug-likeness (QED) is 0.761. The van der Waals surface area contributed by atoms with E-state index in [0.717, 1.165) is 16.9 Å². The van der Waals surface area contributed by atoms with Crippen LogP contribution in [0.1, 0.15) is 16.5 Å². The molecule has 0 heterocycles. The zero-order valence-corrected chi connectivity index (χ0v) is 10.7. The van der Waals surface area contributed by atoms with Gasteiger partial charge in [-0.2, -0.15) is 0 Å². The van der Waals surface area contributed by atoms with Crippen molar-refractivity contribution in [3.8, 4) is 5.75 Å². The number of aryl methyl sites for hydroxylation is 1. The predicted molar refractivity (Wildman–Crippen MR) is 65.0 cm³/mol. The van der Waals surface area contributed by atoms with Crippen molar-refractivity contribution in [3.63, 3.8) is 0 Å².